The Morgan fingerprint density at radius 3 is 2.70 bits per heavy atom. The first-order valence-electron chi connectivity index (χ1n) is 9.34. The molecule has 0 saturated heterocycles. The van der Waals surface area contributed by atoms with Gasteiger partial charge in [0, 0.05) is 13.3 Å². The summed E-state index contributed by atoms with van der Waals surface area (Å²) < 4.78 is 0.904. The summed E-state index contributed by atoms with van der Waals surface area (Å²) in [7, 11) is 0. The van der Waals surface area contributed by atoms with Crippen molar-refractivity contribution in [3.8, 4) is 0 Å². The van der Waals surface area contributed by atoms with Gasteiger partial charge in [-0.25, -0.2) is 0 Å². The maximum Gasteiger partial charge on any atom is 0.217 e. The molecular weight excluding hydrogens is 286 g/mol. The van der Waals surface area contributed by atoms with Crippen molar-refractivity contribution in [1.29, 1.82) is 0 Å². The zero-order chi connectivity index (χ0) is 17.0. The number of allylic oxidation sites excluding steroid dienone is 1. The van der Waals surface area contributed by atoms with Crippen LogP contribution in [0.3, 0.4) is 0 Å². The molecule has 2 N–H and O–H groups in total. The number of nitrogens with one attached hydrogen (secondary N) is 2. The van der Waals surface area contributed by atoms with Crippen LogP contribution in [0.4, 0.5) is 0 Å². The Bertz CT molecular complexity index is 392. The van der Waals surface area contributed by atoms with Crippen molar-refractivity contribution in [3.63, 3.8) is 0 Å². The number of hydrogen-bond acceptors (Lipinski definition) is 2. The van der Waals surface area contributed by atoms with Crippen molar-refractivity contribution in [2.75, 3.05) is 19.6 Å². The van der Waals surface area contributed by atoms with Crippen LogP contribution in [0, 0.1) is 0 Å². The van der Waals surface area contributed by atoms with Gasteiger partial charge in [0.05, 0.1) is 19.3 Å². The van der Waals surface area contributed by atoms with Gasteiger partial charge in [0.1, 0.15) is 12.7 Å². The van der Waals surface area contributed by atoms with Crippen LogP contribution in [-0.2, 0) is 4.79 Å². The van der Waals surface area contributed by atoms with Gasteiger partial charge < -0.3 is 10.6 Å². The normalized spacial score (nSPS) is 23.3. The lowest BCUT2D eigenvalue weighted by molar-refractivity contribution is -0.897. The van der Waals surface area contributed by atoms with Crippen LogP contribution in [0.2, 0.25) is 0 Å². The molecule has 4 nitrogen and oxygen atoms in total. The van der Waals surface area contributed by atoms with Crippen molar-refractivity contribution in [1.82, 2.24) is 10.6 Å². The Morgan fingerprint density at radius 1 is 1.22 bits per heavy atom. The maximum atomic E-state index is 11.1. The summed E-state index contributed by atoms with van der Waals surface area (Å²) in [5.41, 5.74) is 0. The highest BCUT2D eigenvalue weighted by Crippen LogP contribution is 2.21. The van der Waals surface area contributed by atoms with Gasteiger partial charge in [-0.05, 0) is 19.8 Å². The number of quaternary nitrogens is 1. The fourth-order valence-corrected chi connectivity index (χ4v) is 3.20. The third kappa shape index (κ3) is 7.21. The van der Waals surface area contributed by atoms with E-state index in [1.165, 1.54) is 38.5 Å². The third-order valence-electron chi connectivity index (χ3n) is 4.77. The summed E-state index contributed by atoms with van der Waals surface area (Å²) in [6.45, 7) is 8.76. The molecule has 0 bridgehead atoms. The largest absolute Gasteiger partial charge is 0.351 e. The molecule has 1 amide bonds. The second-order valence-corrected chi connectivity index (χ2v) is 6.53. The van der Waals surface area contributed by atoms with E-state index >= 15 is 0 Å². The van der Waals surface area contributed by atoms with Gasteiger partial charge in [0.2, 0.25) is 5.91 Å². The highest BCUT2D eigenvalue weighted by Gasteiger charge is 2.35. The SMILES string of the molecule is CCCCCCC/C=C/CC1NC=C[N+]1(CC)CCNC(C)=O. The molecule has 0 aromatic rings. The van der Waals surface area contributed by atoms with Crippen molar-refractivity contribution in [3.05, 3.63) is 24.6 Å². The second kappa shape index (κ2) is 11.3. The number of carbonyl (C=O) groups is 1. The molecule has 132 valence electrons. The Kier molecular flexibility index (Phi) is 9.69. The predicted octanol–water partition coefficient (Wildman–Crippen LogP) is 3.67. The van der Waals surface area contributed by atoms with Crippen LogP contribution in [0.25, 0.3) is 0 Å². The Hall–Kier alpha value is -1.29. The molecule has 1 aliphatic rings. The quantitative estimate of drug-likeness (QED) is 0.327. The molecule has 1 aliphatic heterocycles. The molecule has 4 heteroatoms. The van der Waals surface area contributed by atoms with Gasteiger partial charge in [0.15, 0.2) is 6.17 Å². The van der Waals surface area contributed by atoms with E-state index in [9.17, 15) is 4.79 Å². The molecule has 2 unspecified atom stereocenters. The highest BCUT2D eigenvalue weighted by molar-refractivity contribution is 5.72. The lowest BCUT2D eigenvalue weighted by Crippen LogP contribution is -2.55. The molecule has 0 aromatic heterocycles. The summed E-state index contributed by atoms with van der Waals surface area (Å²) >= 11 is 0. The predicted molar refractivity (Wildman–Crippen MR) is 97.5 cm³/mol. The minimum Gasteiger partial charge on any atom is -0.351 e. The number of rotatable bonds is 12. The molecule has 0 aromatic carbocycles. The van der Waals surface area contributed by atoms with E-state index in [1.807, 2.05) is 0 Å². The van der Waals surface area contributed by atoms with Gasteiger partial charge in [0.25, 0.3) is 0 Å². The maximum absolute atomic E-state index is 11.1. The average Bonchev–Trinajstić information content (AvgIpc) is 2.93. The zero-order valence-corrected chi connectivity index (χ0v) is 15.3. The molecule has 1 heterocycles. The Labute approximate surface area is 142 Å². The number of hydrogen-bond donors (Lipinski definition) is 2. The van der Waals surface area contributed by atoms with E-state index in [-0.39, 0.29) is 5.91 Å². The topological polar surface area (TPSA) is 41.1 Å². The number of carbonyl (C=O) groups excluding carboxylic acids is 1. The molecule has 0 radical (unpaired) electrons. The Balaban J connectivity index is 2.31. The standard InChI is InChI=1S/C19H35N3O/c1-4-6-7-8-9-10-11-12-13-19-21-15-17-22(19,5-2)16-14-20-18(3)23/h11-12,15,17,19,21H,4-10,13-14,16H2,1-3H3/p+1/b12-11+. The molecule has 0 spiro atoms. The first-order chi connectivity index (χ1) is 11.1. The third-order valence-corrected chi connectivity index (χ3v) is 4.77. The fourth-order valence-electron chi connectivity index (χ4n) is 3.20. The van der Waals surface area contributed by atoms with Crippen LogP contribution in [0.15, 0.2) is 24.6 Å². The number of nitrogens with zero attached hydrogens (tertiary/aromatic N) is 1. The highest BCUT2D eigenvalue weighted by atomic mass is 16.1. The van der Waals surface area contributed by atoms with Crippen LogP contribution in [-0.4, -0.2) is 36.2 Å². The monoisotopic (exact) mass is 322 g/mol. The van der Waals surface area contributed by atoms with Gasteiger partial charge in [-0.2, -0.15) is 0 Å². The molecule has 1 rings (SSSR count). The lowest BCUT2D eigenvalue weighted by Gasteiger charge is -2.36. The zero-order valence-electron chi connectivity index (χ0n) is 15.3. The Morgan fingerprint density at radius 2 is 2.00 bits per heavy atom. The fraction of sp³-hybridized carbons (Fsp3) is 0.737. The van der Waals surface area contributed by atoms with Crippen molar-refractivity contribution < 1.29 is 9.28 Å². The van der Waals surface area contributed by atoms with E-state index in [0.717, 1.165) is 30.5 Å². The molecule has 0 saturated carbocycles. The van der Waals surface area contributed by atoms with Crippen molar-refractivity contribution in [2.45, 2.75) is 71.9 Å². The molecule has 0 aliphatic carbocycles. The van der Waals surface area contributed by atoms with E-state index in [4.69, 9.17) is 0 Å². The van der Waals surface area contributed by atoms with Crippen LogP contribution in [0.1, 0.15) is 65.7 Å². The van der Waals surface area contributed by atoms with Crippen LogP contribution < -0.4 is 10.6 Å². The van der Waals surface area contributed by atoms with Gasteiger partial charge in [-0.1, -0.05) is 44.8 Å². The summed E-state index contributed by atoms with van der Waals surface area (Å²) in [5.74, 6) is 0.0508. The molecule has 2 atom stereocenters. The van der Waals surface area contributed by atoms with Crippen molar-refractivity contribution in [2.24, 2.45) is 0 Å². The van der Waals surface area contributed by atoms with Gasteiger partial charge in [-0.15, -0.1) is 0 Å². The second-order valence-electron chi connectivity index (χ2n) is 6.53. The minimum absolute atomic E-state index is 0.0508. The number of amides is 1. The average molecular weight is 323 g/mol. The van der Waals surface area contributed by atoms with E-state index in [2.05, 4.69) is 49.0 Å². The minimum atomic E-state index is 0.0508. The number of likely N-dealkylation sites (N-methyl/N-ethyl adjacent to an activating group) is 1. The first kappa shape index (κ1) is 19.8. The van der Waals surface area contributed by atoms with Gasteiger partial charge >= 0.3 is 0 Å². The summed E-state index contributed by atoms with van der Waals surface area (Å²) in [4.78, 5) is 11.1. The summed E-state index contributed by atoms with van der Waals surface area (Å²) in [6.07, 6.45) is 18.3. The van der Waals surface area contributed by atoms with E-state index in [0.29, 0.717) is 6.17 Å². The summed E-state index contributed by atoms with van der Waals surface area (Å²) in [6, 6.07) is 0. The molecular formula is C19H36N3O+. The number of unbranched alkanes of at least 4 members (excludes halogenated alkanes) is 5. The smallest absolute Gasteiger partial charge is 0.217 e. The van der Waals surface area contributed by atoms with E-state index in [1.54, 1.807) is 6.92 Å². The van der Waals surface area contributed by atoms with E-state index < -0.39 is 0 Å². The van der Waals surface area contributed by atoms with Gasteiger partial charge in [-0.3, -0.25) is 9.28 Å². The lowest BCUT2D eigenvalue weighted by atomic mass is 10.1. The summed E-state index contributed by atoms with van der Waals surface area (Å²) in [5, 5.41) is 6.40. The van der Waals surface area contributed by atoms with Crippen LogP contribution in [0.5, 0.6) is 0 Å². The molecule has 0 fully saturated rings. The first-order valence-corrected chi connectivity index (χ1v) is 9.34. The van der Waals surface area contributed by atoms with Crippen molar-refractivity contribution >= 4 is 5.91 Å². The van der Waals surface area contributed by atoms with Crippen LogP contribution >= 0.6 is 0 Å². The molecule has 23 heavy (non-hydrogen) atoms.